The third-order valence-electron chi connectivity index (χ3n) is 2.53. The lowest BCUT2D eigenvalue weighted by Gasteiger charge is -2.09. The van der Waals surface area contributed by atoms with E-state index in [9.17, 15) is 4.79 Å². The largest absolute Gasteiger partial charge is 0.464 e. The third kappa shape index (κ3) is 3.01. The normalized spacial score (nSPS) is 10.4. The highest BCUT2D eigenvalue weighted by Crippen LogP contribution is 2.36. The second-order valence-electron chi connectivity index (χ2n) is 3.78. The van der Waals surface area contributed by atoms with Gasteiger partial charge in [-0.15, -0.1) is 0 Å². The van der Waals surface area contributed by atoms with E-state index in [0.717, 1.165) is 0 Å². The Bertz CT molecular complexity index is 665. The van der Waals surface area contributed by atoms with Crippen molar-refractivity contribution in [2.75, 3.05) is 7.11 Å². The van der Waals surface area contributed by atoms with E-state index in [4.69, 9.17) is 46.4 Å². The molecule has 1 heterocycles. The van der Waals surface area contributed by atoms with Crippen LogP contribution in [0.1, 0.15) is 10.5 Å². The Hall–Kier alpha value is -1.000. The zero-order valence-corrected chi connectivity index (χ0v) is 13.1. The van der Waals surface area contributed by atoms with E-state index < -0.39 is 5.97 Å². The zero-order chi connectivity index (χ0) is 14.9. The summed E-state index contributed by atoms with van der Waals surface area (Å²) in [5.41, 5.74) is 1.17. The molecule has 2 rings (SSSR count). The van der Waals surface area contributed by atoms with Crippen LogP contribution in [0.3, 0.4) is 0 Å². The predicted molar refractivity (Wildman–Crippen MR) is 81.1 cm³/mol. The van der Waals surface area contributed by atoms with Crippen molar-refractivity contribution in [2.24, 2.45) is 0 Å². The molecule has 0 saturated heterocycles. The van der Waals surface area contributed by atoms with E-state index in [-0.39, 0.29) is 25.9 Å². The van der Waals surface area contributed by atoms with Gasteiger partial charge in [0.1, 0.15) is 5.15 Å². The van der Waals surface area contributed by atoms with Gasteiger partial charge >= 0.3 is 5.97 Å². The molecule has 0 N–H and O–H groups in total. The molecule has 3 nitrogen and oxygen atoms in total. The number of rotatable bonds is 2. The van der Waals surface area contributed by atoms with Crippen LogP contribution in [0, 0.1) is 0 Å². The first-order valence-electron chi connectivity index (χ1n) is 5.34. The first-order chi connectivity index (χ1) is 9.43. The van der Waals surface area contributed by atoms with Gasteiger partial charge in [-0.3, -0.25) is 0 Å². The fourth-order valence-electron chi connectivity index (χ4n) is 1.63. The topological polar surface area (TPSA) is 39.2 Å². The molecule has 0 bridgehead atoms. The van der Waals surface area contributed by atoms with E-state index in [1.807, 2.05) is 0 Å². The Morgan fingerprint density at radius 3 is 2.25 bits per heavy atom. The summed E-state index contributed by atoms with van der Waals surface area (Å²) in [7, 11) is 1.26. The van der Waals surface area contributed by atoms with Crippen LogP contribution in [0.2, 0.25) is 20.2 Å². The van der Waals surface area contributed by atoms with Crippen LogP contribution in [0.15, 0.2) is 24.3 Å². The van der Waals surface area contributed by atoms with Gasteiger partial charge in [0.15, 0.2) is 5.69 Å². The second kappa shape index (κ2) is 6.19. The number of methoxy groups -OCH3 is 1. The number of ether oxygens (including phenoxy) is 1. The van der Waals surface area contributed by atoms with Crippen molar-refractivity contribution in [3.05, 3.63) is 50.2 Å². The fraction of sp³-hybridized carbons (Fsp3) is 0.0769. The number of nitrogens with zero attached hydrogens (tertiary/aromatic N) is 1. The summed E-state index contributed by atoms with van der Waals surface area (Å²) in [4.78, 5) is 15.7. The van der Waals surface area contributed by atoms with Crippen molar-refractivity contribution in [2.45, 2.75) is 0 Å². The molecule has 0 aliphatic carbocycles. The standard InChI is InChI=1S/C13H7Cl4NO2/c1-20-13(19)12-7(2-3-10(16)18-12)6-4-8(14)11(17)9(15)5-6/h2-5H,1H3. The SMILES string of the molecule is COC(=O)c1nc(Cl)ccc1-c1cc(Cl)c(Cl)c(Cl)c1. The number of esters is 1. The van der Waals surface area contributed by atoms with Crippen LogP contribution in [-0.2, 0) is 4.74 Å². The molecule has 20 heavy (non-hydrogen) atoms. The van der Waals surface area contributed by atoms with Gasteiger partial charge in [-0.25, -0.2) is 9.78 Å². The Morgan fingerprint density at radius 2 is 1.70 bits per heavy atom. The summed E-state index contributed by atoms with van der Waals surface area (Å²) in [6.07, 6.45) is 0. The molecule has 2 aromatic rings. The molecule has 1 aromatic heterocycles. The monoisotopic (exact) mass is 349 g/mol. The molecule has 0 saturated carbocycles. The first kappa shape index (κ1) is 15.4. The van der Waals surface area contributed by atoms with Gasteiger partial charge < -0.3 is 4.74 Å². The molecule has 0 aliphatic heterocycles. The van der Waals surface area contributed by atoms with Gasteiger partial charge in [0, 0.05) is 5.56 Å². The van der Waals surface area contributed by atoms with Crippen LogP contribution in [0.25, 0.3) is 11.1 Å². The molecule has 0 fully saturated rings. The van der Waals surface area contributed by atoms with E-state index in [2.05, 4.69) is 9.72 Å². The van der Waals surface area contributed by atoms with E-state index >= 15 is 0 Å². The number of halogens is 4. The van der Waals surface area contributed by atoms with Gasteiger partial charge in [0.05, 0.1) is 22.2 Å². The summed E-state index contributed by atoms with van der Waals surface area (Å²) in [6, 6.07) is 6.37. The quantitative estimate of drug-likeness (QED) is 0.427. The Labute approximate surface area is 135 Å². The molecular formula is C13H7Cl4NO2. The minimum absolute atomic E-state index is 0.0782. The van der Waals surface area contributed by atoms with Crippen molar-refractivity contribution in [3.63, 3.8) is 0 Å². The number of hydrogen-bond acceptors (Lipinski definition) is 3. The van der Waals surface area contributed by atoms with Gasteiger partial charge in [-0.05, 0) is 29.8 Å². The molecule has 0 atom stereocenters. The molecule has 0 amide bonds. The smallest absolute Gasteiger partial charge is 0.357 e. The highest BCUT2D eigenvalue weighted by Gasteiger charge is 2.17. The Balaban J connectivity index is 2.66. The lowest BCUT2D eigenvalue weighted by molar-refractivity contribution is 0.0595. The highest BCUT2D eigenvalue weighted by molar-refractivity contribution is 6.48. The minimum atomic E-state index is -0.607. The number of hydrogen-bond donors (Lipinski definition) is 0. The maximum absolute atomic E-state index is 11.8. The van der Waals surface area contributed by atoms with Gasteiger partial charge in [-0.2, -0.15) is 0 Å². The van der Waals surface area contributed by atoms with Crippen molar-refractivity contribution in [1.82, 2.24) is 4.98 Å². The molecule has 0 radical (unpaired) electrons. The van der Waals surface area contributed by atoms with E-state index in [1.54, 1.807) is 24.3 Å². The minimum Gasteiger partial charge on any atom is -0.464 e. The molecule has 1 aromatic carbocycles. The lowest BCUT2D eigenvalue weighted by Crippen LogP contribution is -2.06. The highest BCUT2D eigenvalue weighted by atomic mass is 35.5. The second-order valence-corrected chi connectivity index (χ2v) is 5.36. The Morgan fingerprint density at radius 1 is 1.10 bits per heavy atom. The average Bonchev–Trinajstić information content (AvgIpc) is 2.43. The van der Waals surface area contributed by atoms with Crippen molar-refractivity contribution >= 4 is 52.4 Å². The number of aromatic nitrogens is 1. The molecule has 7 heteroatoms. The van der Waals surface area contributed by atoms with Crippen molar-refractivity contribution in [1.29, 1.82) is 0 Å². The number of pyridine rings is 1. The molecule has 0 aliphatic rings. The number of carbonyl (C=O) groups is 1. The third-order valence-corrected chi connectivity index (χ3v) is 3.94. The average molecular weight is 351 g/mol. The molecular weight excluding hydrogens is 344 g/mol. The zero-order valence-electron chi connectivity index (χ0n) is 10.1. The van der Waals surface area contributed by atoms with Crippen LogP contribution in [-0.4, -0.2) is 18.1 Å². The summed E-state index contributed by atoms with van der Waals surface area (Å²) in [6.45, 7) is 0. The van der Waals surface area contributed by atoms with Crippen LogP contribution in [0.4, 0.5) is 0 Å². The lowest BCUT2D eigenvalue weighted by atomic mass is 10.0. The summed E-state index contributed by atoms with van der Waals surface area (Å²) in [5.74, 6) is -0.607. The molecule has 0 spiro atoms. The Kier molecular flexibility index (Phi) is 4.76. The van der Waals surface area contributed by atoms with Crippen LogP contribution >= 0.6 is 46.4 Å². The molecule has 104 valence electrons. The first-order valence-corrected chi connectivity index (χ1v) is 6.85. The van der Waals surface area contributed by atoms with Crippen molar-refractivity contribution < 1.29 is 9.53 Å². The van der Waals surface area contributed by atoms with Crippen LogP contribution in [0.5, 0.6) is 0 Å². The van der Waals surface area contributed by atoms with Gasteiger partial charge in [0.25, 0.3) is 0 Å². The number of carbonyl (C=O) groups excluding carboxylic acids is 1. The van der Waals surface area contributed by atoms with Gasteiger partial charge in [0.2, 0.25) is 0 Å². The fourth-order valence-corrected chi connectivity index (χ4v) is 2.38. The number of benzene rings is 1. The van der Waals surface area contributed by atoms with Crippen LogP contribution < -0.4 is 0 Å². The summed E-state index contributed by atoms with van der Waals surface area (Å²) in [5, 5.41) is 0.985. The maximum atomic E-state index is 11.8. The summed E-state index contributed by atoms with van der Waals surface area (Å²) >= 11 is 23.7. The van der Waals surface area contributed by atoms with Gasteiger partial charge in [-0.1, -0.05) is 46.4 Å². The van der Waals surface area contributed by atoms with E-state index in [0.29, 0.717) is 11.1 Å². The maximum Gasteiger partial charge on any atom is 0.357 e. The predicted octanol–water partition coefficient (Wildman–Crippen LogP) is 5.15. The van der Waals surface area contributed by atoms with Crippen molar-refractivity contribution in [3.8, 4) is 11.1 Å². The summed E-state index contributed by atoms with van der Waals surface area (Å²) < 4.78 is 4.69. The molecule has 0 unspecified atom stereocenters. The van der Waals surface area contributed by atoms with E-state index in [1.165, 1.54) is 7.11 Å².